The minimum Gasteiger partial charge on any atom is -0.213 e. The van der Waals surface area contributed by atoms with Crippen molar-refractivity contribution in [2.24, 2.45) is 0 Å². The van der Waals surface area contributed by atoms with Crippen LogP contribution in [-0.2, 0) is 10.0 Å². The number of hydrogen-bond acceptors (Lipinski definition) is 2. The molecule has 1 aromatic carbocycles. The lowest BCUT2D eigenvalue weighted by atomic mass is 10.1. The highest BCUT2D eigenvalue weighted by molar-refractivity contribution is 7.88. The van der Waals surface area contributed by atoms with Crippen LogP contribution in [0, 0.1) is 0 Å². The Morgan fingerprint density at radius 3 is 2.27 bits per heavy atom. The fourth-order valence-corrected chi connectivity index (χ4v) is 2.42. The van der Waals surface area contributed by atoms with E-state index in [-0.39, 0.29) is 11.4 Å². The van der Waals surface area contributed by atoms with E-state index in [0.717, 1.165) is 11.8 Å². The highest BCUT2D eigenvalue weighted by atomic mass is 35.5. The Morgan fingerprint density at radius 2 is 1.80 bits per heavy atom. The molecule has 0 fully saturated rings. The van der Waals surface area contributed by atoms with Crippen molar-refractivity contribution in [1.82, 2.24) is 4.72 Å². The summed E-state index contributed by atoms with van der Waals surface area (Å²) in [5.41, 5.74) is 0.905. The Kier molecular flexibility index (Phi) is 4.13. The van der Waals surface area contributed by atoms with Crippen molar-refractivity contribution in [2.45, 2.75) is 18.3 Å². The maximum Gasteiger partial charge on any atom is 0.209 e. The van der Waals surface area contributed by atoms with Crippen molar-refractivity contribution in [2.75, 3.05) is 6.26 Å². The third kappa shape index (κ3) is 4.20. The molecule has 15 heavy (non-hydrogen) atoms. The van der Waals surface area contributed by atoms with Gasteiger partial charge in [-0.05, 0) is 12.5 Å². The van der Waals surface area contributed by atoms with Gasteiger partial charge < -0.3 is 0 Å². The molecule has 1 aromatic rings. The Bertz CT molecular complexity index is 405. The average molecular weight is 248 g/mol. The molecule has 2 atom stereocenters. The van der Waals surface area contributed by atoms with Gasteiger partial charge in [0.05, 0.1) is 11.6 Å². The van der Waals surface area contributed by atoms with Gasteiger partial charge in [-0.2, -0.15) is 0 Å². The number of alkyl halides is 1. The van der Waals surface area contributed by atoms with E-state index in [4.69, 9.17) is 11.6 Å². The Balaban J connectivity index is 2.73. The van der Waals surface area contributed by atoms with Crippen LogP contribution < -0.4 is 4.72 Å². The first-order valence-electron chi connectivity index (χ1n) is 4.56. The predicted molar refractivity (Wildman–Crippen MR) is 62.5 cm³/mol. The molecule has 0 amide bonds. The van der Waals surface area contributed by atoms with Gasteiger partial charge in [-0.1, -0.05) is 30.3 Å². The van der Waals surface area contributed by atoms with Crippen LogP contribution in [0.15, 0.2) is 30.3 Å². The SMILES string of the molecule is C[C@@H](NS(C)(=O)=O)[C@@H](Cl)c1ccccc1. The average Bonchev–Trinajstić information content (AvgIpc) is 2.15. The number of nitrogens with one attached hydrogen (secondary N) is 1. The van der Waals surface area contributed by atoms with E-state index in [1.165, 1.54) is 0 Å². The first kappa shape index (κ1) is 12.5. The van der Waals surface area contributed by atoms with Crippen LogP contribution in [0.3, 0.4) is 0 Å². The molecule has 0 aliphatic carbocycles. The number of halogens is 1. The van der Waals surface area contributed by atoms with E-state index in [2.05, 4.69) is 4.72 Å². The molecule has 0 bridgehead atoms. The molecule has 84 valence electrons. The second kappa shape index (κ2) is 4.96. The Morgan fingerprint density at radius 1 is 1.27 bits per heavy atom. The van der Waals surface area contributed by atoms with Crippen molar-refractivity contribution in [1.29, 1.82) is 0 Å². The molecule has 0 heterocycles. The summed E-state index contributed by atoms with van der Waals surface area (Å²) in [6.45, 7) is 1.74. The predicted octanol–water partition coefficient (Wildman–Crippen LogP) is 1.90. The molecule has 1 rings (SSSR count). The fourth-order valence-electron chi connectivity index (χ4n) is 1.32. The van der Waals surface area contributed by atoms with Gasteiger partial charge in [-0.3, -0.25) is 0 Å². The summed E-state index contributed by atoms with van der Waals surface area (Å²) in [4.78, 5) is 0. The number of sulfonamides is 1. The molecule has 0 spiro atoms. The monoisotopic (exact) mass is 247 g/mol. The zero-order valence-corrected chi connectivity index (χ0v) is 10.2. The molecule has 0 unspecified atom stereocenters. The van der Waals surface area contributed by atoms with Gasteiger partial charge in [0.1, 0.15) is 0 Å². The second-order valence-corrected chi connectivity index (χ2v) is 5.74. The maximum absolute atomic E-state index is 11.0. The van der Waals surface area contributed by atoms with Crippen LogP contribution in [0.1, 0.15) is 17.9 Å². The van der Waals surface area contributed by atoms with Crippen molar-refractivity contribution in [3.63, 3.8) is 0 Å². The van der Waals surface area contributed by atoms with E-state index in [1.54, 1.807) is 6.92 Å². The van der Waals surface area contributed by atoms with E-state index in [1.807, 2.05) is 30.3 Å². The number of rotatable bonds is 4. The molecular weight excluding hydrogens is 234 g/mol. The Labute approximate surface area is 95.5 Å². The van der Waals surface area contributed by atoms with E-state index < -0.39 is 10.0 Å². The third-order valence-corrected chi connectivity index (χ3v) is 3.39. The van der Waals surface area contributed by atoms with Gasteiger partial charge in [-0.25, -0.2) is 13.1 Å². The molecule has 5 heteroatoms. The largest absolute Gasteiger partial charge is 0.213 e. The summed E-state index contributed by atoms with van der Waals surface area (Å²) < 4.78 is 24.5. The smallest absolute Gasteiger partial charge is 0.209 e. The minimum atomic E-state index is -3.21. The van der Waals surface area contributed by atoms with Crippen molar-refractivity contribution < 1.29 is 8.42 Å². The minimum absolute atomic E-state index is 0.330. The second-order valence-electron chi connectivity index (χ2n) is 3.49. The summed E-state index contributed by atoms with van der Waals surface area (Å²) in [7, 11) is -3.21. The third-order valence-electron chi connectivity index (χ3n) is 1.96. The normalized spacial score (nSPS) is 15.9. The summed E-state index contributed by atoms with van der Waals surface area (Å²) >= 11 is 6.14. The molecule has 1 N–H and O–H groups in total. The molecule has 0 radical (unpaired) electrons. The molecule has 0 saturated heterocycles. The lowest BCUT2D eigenvalue weighted by Gasteiger charge is -2.18. The van der Waals surface area contributed by atoms with Gasteiger partial charge >= 0.3 is 0 Å². The first-order chi connectivity index (χ1) is 6.90. The van der Waals surface area contributed by atoms with Gasteiger partial charge in [0.2, 0.25) is 10.0 Å². The summed E-state index contributed by atoms with van der Waals surface area (Å²) in [5.74, 6) is 0. The fraction of sp³-hybridized carbons (Fsp3) is 0.400. The maximum atomic E-state index is 11.0. The molecular formula is C10H14ClNO2S. The molecule has 0 saturated carbocycles. The lowest BCUT2D eigenvalue weighted by Crippen LogP contribution is -2.34. The first-order valence-corrected chi connectivity index (χ1v) is 6.89. The van der Waals surface area contributed by atoms with Crippen molar-refractivity contribution in [3.05, 3.63) is 35.9 Å². The summed E-state index contributed by atoms with van der Waals surface area (Å²) in [5, 5.41) is -0.360. The van der Waals surface area contributed by atoms with E-state index >= 15 is 0 Å². The van der Waals surface area contributed by atoms with Crippen LogP contribution in [0.2, 0.25) is 0 Å². The van der Waals surface area contributed by atoms with E-state index in [9.17, 15) is 8.42 Å². The zero-order chi connectivity index (χ0) is 11.5. The molecule has 0 aliphatic heterocycles. The number of benzene rings is 1. The Hall–Kier alpha value is -0.580. The van der Waals surface area contributed by atoms with Gasteiger partial charge in [-0.15, -0.1) is 11.6 Å². The standard InChI is InChI=1S/C10H14ClNO2S/c1-8(12-15(2,13)14)10(11)9-6-4-3-5-7-9/h3-8,10,12H,1-2H3/t8-,10-/m1/s1. The summed E-state index contributed by atoms with van der Waals surface area (Å²) in [6.07, 6.45) is 1.12. The van der Waals surface area contributed by atoms with Gasteiger partial charge in [0.15, 0.2) is 0 Å². The highest BCUT2D eigenvalue weighted by Crippen LogP contribution is 2.23. The van der Waals surface area contributed by atoms with Crippen molar-refractivity contribution in [3.8, 4) is 0 Å². The summed E-state index contributed by atoms with van der Waals surface area (Å²) in [6, 6.07) is 9.05. The van der Waals surface area contributed by atoms with Crippen LogP contribution >= 0.6 is 11.6 Å². The van der Waals surface area contributed by atoms with Crippen LogP contribution in [0.25, 0.3) is 0 Å². The lowest BCUT2D eigenvalue weighted by molar-refractivity contribution is 0.561. The van der Waals surface area contributed by atoms with Crippen molar-refractivity contribution >= 4 is 21.6 Å². The quantitative estimate of drug-likeness (QED) is 0.827. The topological polar surface area (TPSA) is 46.2 Å². The van der Waals surface area contributed by atoms with Crippen LogP contribution in [0.5, 0.6) is 0 Å². The molecule has 0 aliphatic rings. The van der Waals surface area contributed by atoms with Crippen LogP contribution in [0.4, 0.5) is 0 Å². The highest BCUT2D eigenvalue weighted by Gasteiger charge is 2.19. The molecule has 0 aromatic heterocycles. The van der Waals surface area contributed by atoms with Gasteiger partial charge in [0, 0.05) is 6.04 Å². The van der Waals surface area contributed by atoms with Crippen LogP contribution in [-0.4, -0.2) is 20.7 Å². The van der Waals surface area contributed by atoms with Gasteiger partial charge in [0.25, 0.3) is 0 Å². The number of hydrogen-bond donors (Lipinski definition) is 1. The van der Waals surface area contributed by atoms with E-state index in [0.29, 0.717) is 0 Å². The zero-order valence-electron chi connectivity index (χ0n) is 8.64. The molecule has 3 nitrogen and oxygen atoms in total.